The maximum Gasteiger partial charge on any atom is 0.321 e. The molecule has 1 saturated heterocycles. The molecule has 29 heavy (non-hydrogen) atoms. The van der Waals surface area contributed by atoms with Crippen molar-refractivity contribution >= 4 is 32.8 Å². The van der Waals surface area contributed by atoms with Crippen molar-refractivity contribution in [2.24, 2.45) is 0 Å². The van der Waals surface area contributed by atoms with Crippen molar-refractivity contribution in [1.82, 2.24) is 25.3 Å². The maximum atomic E-state index is 11.8. The van der Waals surface area contributed by atoms with Gasteiger partial charge in [-0.1, -0.05) is 11.3 Å². The van der Waals surface area contributed by atoms with Gasteiger partial charge in [0.05, 0.1) is 13.2 Å². The van der Waals surface area contributed by atoms with Gasteiger partial charge in [-0.05, 0) is 13.0 Å². The maximum absolute atomic E-state index is 11.8. The summed E-state index contributed by atoms with van der Waals surface area (Å²) < 4.78 is 11.5. The number of nitriles is 1. The Bertz CT molecular complexity index is 1070. The molecule has 4 heterocycles. The van der Waals surface area contributed by atoms with Gasteiger partial charge in [0.15, 0.2) is 5.13 Å². The molecular weight excluding hydrogens is 394 g/mol. The highest BCUT2D eigenvalue weighted by atomic mass is 32.1. The molecule has 0 bridgehead atoms. The molecule has 0 radical (unpaired) electrons. The number of nitrogens with one attached hydrogen (secondary N) is 2. The Morgan fingerprint density at radius 1 is 1.41 bits per heavy atom. The summed E-state index contributed by atoms with van der Waals surface area (Å²) in [6.45, 7) is 3.49. The molecule has 1 aliphatic heterocycles. The van der Waals surface area contributed by atoms with E-state index >= 15 is 0 Å². The van der Waals surface area contributed by atoms with Gasteiger partial charge < -0.3 is 14.8 Å². The van der Waals surface area contributed by atoms with E-state index < -0.39 is 0 Å². The fourth-order valence-electron chi connectivity index (χ4n) is 2.79. The fraction of sp³-hybridized carbons (Fsp3) is 0.333. The molecule has 2 amide bonds. The number of aromatic nitrogens is 4. The van der Waals surface area contributed by atoms with Gasteiger partial charge in [-0.15, -0.1) is 0 Å². The summed E-state index contributed by atoms with van der Waals surface area (Å²) >= 11 is 1.25. The zero-order valence-electron chi connectivity index (χ0n) is 15.5. The summed E-state index contributed by atoms with van der Waals surface area (Å²) in [6.07, 6.45) is 3.77. The molecule has 1 aliphatic rings. The number of nitrogens with zero attached hydrogens (tertiary/aromatic N) is 5. The van der Waals surface area contributed by atoms with Crippen molar-refractivity contribution in [2.45, 2.75) is 19.4 Å². The van der Waals surface area contributed by atoms with Gasteiger partial charge in [-0.3, -0.25) is 5.32 Å². The third kappa shape index (κ3) is 4.23. The number of fused-ring (bicyclic) bond motifs is 1. The molecule has 1 unspecified atom stereocenters. The monoisotopic (exact) mass is 411 g/mol. The number of rotatable bonds is 5. The standard InChI is InChI=1S/C18H17N7O3S/c1-2-20-17(26)25-18-23-13-5-12(10-7-21-14(6-19)22-8-10)15(24-16(13)29-18)28-11-3-4-27-9-11/h5,7-8,11H,2-4,9H2,1H3,(H2,20,23,25,26). The molecule has 0 aromatic carbocycles. The molecule has 2 N–H and O–H groups in total. The Hall–Kier alpha value is -3.36. The Labute approximate surface area is 169 Å². The normalized spacial score (nSPS) is 15.8. The number of pyridine rings is 1. The molecule has 1 atom stereocenters. The number of amides is 2. The summed E-state index contributed by atoms with van der Waals surface area (Å²) in [4.78, 5) is 29.5. The van der Waals surface area contributed by atoms with Crippen LogP contribution in [0.5, 0.6) is 5.88 Å². The van der Waals surface area contributed by atoms with Crippen molar-refractivity contribution < 1.29 is 14.3 Å². The Balaban J connectivity index is 1.73. The molecule has 0 spiro atoms. The average molecular weight is 411 g/mol. The molecule has 4 rings (SSSR count). The van der Waals surface area contributed by atoms with Gasteiger partial charge in [0.25, 0.3) is 0 Å². The van der Waals surface area contributed by atoms with Gasteiger partial charge in [-0.2, -0.15) is 5.26 Å². The van der Waals surface area contributed by atoms with Crippen LogP contribution in [-0.4, -0.2) is 51.8 Å². The zero-order chi connectivity index (χ0) is 20.2. The third-order valence-electron chi connectivity index (χ3n) is 4.14. The molecule has 1 fully saturated rings. The summed E-state index contributed by atoms with van der Waals surface area (Å²) in [6, 6.07) is 3.39. The number of carbonyl (C=O) groups excluding carboxylic acids is 1. The van der Waals surface area contributed by atoms with Crippen molar-refractivity contribution in [2.75, 3.05) is 25.1 Å². The minimum Gasteiger partial charge on any atom is -0.471 e. The first-order valence-electron chi connectivity index (χ1n) is 8.99. The van der Waals surface area contributed by atoms with Crippen molar-refractivity contribution in [3.05, 3.63) is 24.3 Å². The van der Waals surface area contributed by atoms with Crippen LogP contribution >= 0.6 is 11.3 Å². The van der Waals surface area contributed by atoms with E-state index in [4.69, 9.17) is 14.7 Å². The summed E-state index contributed by atoms with van der Waals surface area (Å²) in [7, 11) is 0. The van der Waals surface area contributed by atoms with Crippen LogP contribution in [0, 0.1) is 11.3 Å². The lowest BCUT2D eigenvalue weighted by atomic mass is 10.1. The van der Waals surface area contributed by atoms with Gasteiger partial charge >= 0.3 is 6.03 Å². The first-order valence-corrected chi connectivity index (χ1v) is 9.81. The Morgan fingerprint density at radius 3 is 2.93 bits per heavy atom. The van der Waals surface area contributed by atoms with Crippen LogP contribution < -0.4 is 15.4 Å². The van der Waals surface area contributed by atoms with Gasteiger partial charge in [-0.25, -0.2) is 24.7 Å². The van der Waals surface area contributed by atoms with E-state index in [0.717, 1.165) is 6.42 Å². The molecule has 3 aromatic rings. The lowest BCUT2D eigenvalue weighted by Crippen LogP contribution is -2.28. The second-order valence-electron chi connectivity index (χ2n) is 6.18. The molecule has 10 nitrogen and oxygen atoms in total. The van der Waals surface area contributed by atoms with E-state index in [1.807, 2.05) is 19.1 Å². The highest BCUT2D eigenvalue weighted by molar-refractivity contribution is 7.22. The fourth-order valence-corrected chi connectivity index (χ4v) is 3.60. The first-order chi connectivity index (χ1) is 14.2. The summed E-state index contributed by atoms with van der Waals surface area (Å²) in [5, 5.41) is 14.7. The lowest BCUT2D eigenvalue weighted by molar-refractivity contribution is 0.139. The second kappa shape index (κ2) is 8.34. The molecule has 0 aliphatic carbocycles. The number of ether oxygens (including phenoxy) is 2. The van der Waals surface area contributed by atoms with Crippen LogP contribution in [0.15, 0.2) is 18.5 Å². The van der Waals surface area contributed by atoms with Crippen LogP contribution in [0.25, 0.3) is 21.5 Å². The van der Waals surface area contributed by atoms with E-state index in [2.05, 4.69) is 30.6 Å². The molecule has 148 valence electrons. The van der Waals surface area contributed by atoms with E-state index in [1.165, 1.54) is 11.3 Å². The van der Waals surface area contributed by atoms with Crippen LogP contribution in [0.4, 0.5) is 9.93 Å². The van der Waals surface area contributed by atoms with Crippen LogP contribution in [0.1, 0.15) is 19.2 Å². The van der Waals surface area contributed by atoms with Crippen LogP contribution in [0.2, 0.25) is 0 Å². The van der Waals surface area contributed by atoms with E-state index in [1.54, 1.807) is 12.4 Å². The molecular formula is C18H17N7O3S. The molecule has 11 heteroatoms. The number of hydrogen-bond acceptors (Lipinski definition) is 9. The highest BCUT2D eigenvalue weighted by Crippen LogP contribution is 2.35. The zero-order valence-corrected chi connectivity index (χ0v) is 16.3. The lowest BCUT2D eigenvalue weighted by Gasteiger charge is -2.14. The number of hydrogen-bond donors (Lipinski definition) is 2. The van der Waals surface area contributed by atoms with Crippen molar-refractivity contribution in [1.29, 1.82) is 5.26 Å². The van der Waals surface area contributed by atoms with Gasteiger partial charge in [0.1, 0.15) is 22.5 Å². The molecule has 3 aromatic heterocycles. The van der Waals surface area contributed by atoms with Crippen LogP contribution in [0.3, 0.4) is 0 Å². The number of anilines is 1. The number of carbonyl (C=O) groups is 1. The number of urea groups is 1. The van der Waals surface area contributed by atoms with Crippen molar-refractivity contribution in [3.8, 4) is 23.1 Å². The topological polar surface area (TPSA) is 135 Å². The van der Waals surface area contributed by atoms with Gasteiger partial charge in [0.2, 0.25) is 11.7 Å². The SMILES string of the molecule is CCNC(=O)Nc1nc2cc(-c3cnc(C#N)nc3)c(OC3CCOC3)nc2s1. The minimum atomic E-state index is -0.327. The van der Waals surface area contributed by atoms with E-state index in [0.29, 0.717) is 52.2 Å². The number of thiazole rings is 1. The first kappa shape index (κ1) is 19.0. The average Bonchev–Trinajstić information content (AvgIpc) is 3.36. The Morgan fingerprint density at radius 2 is 2.24 bits per heavy atom. The van der Waals surface area contributed by atoms with E-state index in [9.17, 15) is 4.79 Å². The predicted octanol–water partition coefficient (Wildman–Crippen LogP) is 2.33. The largest absolute Gasteiger partial charge is 0.471 e. The highest BCUT2D eigenvalue weighted by Gasteiger charge is 2.22. The summed E-state index contributed by atoms with van der Waals surface area (Å²) in [5.74, 6) is 0.492. The predicted molar refractivity (Wildman–Crippen MR) is 106 cm³/mol. The second-order valence-corrected chi connectivity index (χ2v) is 7.16. The van der Waals surface area contributed by atoms with Crippen molar-refractivity contribution in [3.63, 3.8) is 0 Å². The minimum absolute atomic E-state index is 0.0801. The van der Waals surface area contributed by atoms with Gasteiger partial charge in [0, 0.05) is 36.5 Å². The van der Waals surface area contributed by atoms with Crippen LogP contribution in [-0.2, 0) is 4.74 Å². The smallest absolute Gasteiger partial charge is 0.321 e. The Kier molecular flexibility index (Phi) is 5.46. The quantitative estimate of drug-likeness (QED) is 0.653. The third-order valence-corrected chi connectivity index (χ3v) is 5.02. The van der Waals surface area contributed by atoms with E-state index in [-0.39, 0.29) is 18.0 Å². The summed E-state index contributed by atoms with van der Waals surface area (Å²) in [5.41, 5.74) is 1.92. The molecule has 0 saturated carbocycles.